The Balaban J connectivity index is 2.20. The number of hydrogen-bond acceptors (Lipinski definition) is 12. The molecule has 2 aromatic carbocycles. The van der Waals surface area contributed by atoms with Gasteiger partial charge in [0.25, 0.3) is 0 Å². The smallest absolute Gasteiger partial charge is 0.450 e. The number of nitrogens with zero attached hydrogens (tertiary/aromatic N) is 2. The zero-order valence-corrected chi connectivity index (χ0v) is 35.0. The molecule has 0 amide bonds. The van der Waals surface area contributed by atoms with Gasteiger partial charge in [-0.2, -0.15) is 87.1 Å². The molecular weight excluding hydrogens is 990 g/mol. The number of halogens is 18. The second-order valence-electron chi connectivity index (χ2n) is 14.7. The predicted octanol–water partition coefficient (Wildman–Crippen LogP) is 10.0. The van der Waals surface area contributed by atoms with Gasteiger partial charge in [-0.15, -0.1) is 0 Å². The van der Waals surface area contributed by atoms with Crippen molar-refractivity contribution in [3.63, 3.8) is 0 Å². The first-order chi connectivity index (χ1) is 28.8. The van der Waals surface area contributed by atoms with Gasteiger partial charge >= 0.3 is 67.2 Å². The minimum Gasteiger partial charge on any atom is -0.493 e. The SMILES string of the molecule is CC(C)(C)OC(F)(F)C(F)(C(F)(F)F)S(=O)(=O)O/N=C(/c1ccc(OCCCOc2ccc(/C(=N/OS(=O)(=O)C(F)(C(F)(F)F)C(F)(F)OC(C)(C)C)C(F)(F)F)cc2)cc1)C(F)(F)F. The summed E-state index contributed by atoms with van der Waals surface area (Å²) in [5.74, 6) is -0.554. The molecule has 32 heteroatoms. The van der Waals surface area contributed by atoms with E-state index in [2.05, 4.69) is 18.0 Å². The maximum Gasteiger partial charge on any atom is 0.450 e. The van der Waals surface area contributed by atoms with Crippen molar-refractivity contribution in [2.24, 2.45) is 10.3 Å². The number of alkyl halides is 18. The van der Waals surface area contributed by atoms with Crippen LogP contribution in [0.25, 0.3) is 0 Å². The van der Waals surface area contributed by atoms with Gasteiger partial charge in [0.1, 0.15) is 11.5 Å². The molecule has 0 N–H and O–H groups in total. The maximum absolute atomic E-state index is 14.9. The number of ether oxygens (including phenoxy) is 4. The Labute approximate surface area is 355 Å². The van der Waals surface area contributed by atoms with Crippen LogP contribution >= 0.6 is 0 Å². The standard InChI is InChI=1S/C33H32F18N2O10S2/c1-24(2,3)60-32(48,49)28(40,30(42,43)44)64(54,55)62-52-22(26(34,35)36)18-8-12-20(13-9-18)58-16-7-17-59-21-14-10-19(11-15-21)23(27(37,38)39)53-63-65(56,57)29(41,31(45,46)47)33(50,51)61-25(4,5)6/h8-15H,7,16-17H2,1-6H3/b52-22-,53-23-. The van der Waals surface area contributed by atoms with E-state index >= 15 is 0 Å². The quantitative estimate of drug-likeness (QED) is 0.0612. The average molecular weight is 1020 g/mol. The molecule has 0 saturated carbocycles. The van der Waals surface area contributed by atoms with Gasteiger partial charge in [0.05, 0.1) is 24.4 Å². The van der Waals surface area contributed by atoms with E-state index in [0.29, 0.717) is 65.8 Å². The van der Waals surface area contributed by atoms with Gasteiger partial charge in [-0.1, -0.05) is 10.3 Å². The summed E-state index contributed by atoms with van der Waals surface area (Å²) in [5, 5.41) is -9.58. The summed E-state index contributed by atoms with van der Waals surface area (Å²) in [5.41, 5.74) is -12.0. The Bertz CT molecular complexity index is 2080. The van der Waals surface area contributed by atoms with E-state index < -0.39 is 101 Å². The lowest BCUT2D eigenvalue weighted by atomic mass is 10.1. The molecule has 0 heterocycles. The number of benzene rings is 2. The highest BCUT2D eigenvalue weighted by Crippen LogP contribution is 2.53. The molecule has 0 aliphatic heterocycles. The van der Waals surface area contributed by atoms with Gasteiger partial charge in [0.2, 0.25) is 0 Å². The Kier molecular flexibility index (Phi) is 16.3. The monoisotopic (exact) mass is 1020 g/mol. The van der Waals surface area contributed by atoms with Crippen LogP contribution in [0.4, 0.5) is 79.0 Å². The maximum atomic E-state index is 14.9. The van der Waals surface area contributed by atoms with Crippen molar-refractivity contribution in [3.05, 3.63) is 59.7 Å². The van der Waals surface area contributed by atoms with Gasteiger partial charge in [-0.05, 0) is 90.1 Å². The van der Waals surface area contributed by atoms with E-state index in [-0.39, 0.29) is 31.1 Å². The Morgan fingerprint density at radius 1 is 0.462 bits per heavy atom. The van der Waals surface area contributed by atoms with Crippen molar-refractivity contribution in [2.45, 2.75) is 106 Å². The van der Waals surface area contributed by atoms with E-state index in [1.54, 1.807) is 0 Å². The average Bonchev–Trinajstić information content (AvgIpc) is 3.07. The molecule has 0 radical (unpaired) electrons. The van der Waals surface area contributed by atoms with Crippen LogP contribution < -0.4 is 9.47 Å². The summed E-state index contributed by atoms with van der Waals surface area (Å²) in [6.45, 7) is 3.24. The summed E-state index contributed by atoms with van der Waals surface area (Å²) >= 11 is 0. The number of oxime groups is 2. The van der Waals surface area contributed by atoms with Crippen LogP contribution in [-0.2, 0) is 38.3 Å². The third-order valence-corrected chi connectivity index (χ3v) is 9.97. The topological polar surface area (TPSA) is 148 Å². The van der Waals surface area contributed by atoms with Crippen LogP contribution in [0.15, 0.2) is 58.8 Å². The molecule has 2 atom stereocenters. The van der Waals surface area contributed by atoms with E-state index in [4.69, 9.17) is 9.47 Å². The molecule has 372 valence electrons. The van der Waals surface area contributed by atoms with Gasteiger partial charge in [-0.3, -0.25) is 8.57 Å². The molecule has 2 rings (SSSR count). The summed E-state index contributed by atoms with van der Waals surface area (Å²) in [6, 6.07) is 4.84. The van der Waals surface area contributed by atoms with E-state index in [1.165, 1.54) is 0 Å². The highest BCUT2D eigenvalue weighted by Gasteiger charge is 2.84. The lowest BCUT2D eigenvalue weighted by molar-refractivity contribution is -0.376. The first-order valence-electron chi connectivity index (χ1n) is 17.1. The second-order valence-corrected chi connectivity index (χ2v) is 17.9. The van der Waals surface area contributed by atoms with Crippen LogP contribution in [-0.4, -0.2) is 99.6 Å². The lowest BCUT2D eigenvalue weighted by Crippen LogP contribution is -2.63. The summed E-state index contributed by atoms with van der Waals surface area (Å²) in [6.07, 6.45) is -38.5. The van der Waals surface area contributed by atoms with Crippen LogP contribution in [0.2, 0.25) is 0 Å². The largest absolute Gasteiger partial charge is 0.493 e. The van der Waals surface area contributed by atoms with Gasteiger partial charge < -0.3 is 18.9 Å². The number of hydrogen-bond donors (Lipinski definition) is 0. The normalized spacial score (nSPS) is 16.7. The van der Waals surface area contributed by atoms with E-state index in [1.807, 2.05) is 10.3 Å². The Hall–Kier alpha value is -4.46. The van der Waals surface area contributed by atoms with Crippen LogP contribution in [0.1, 0.15) is 59.1 Å². The predicted molar refractivity (Wildman–Crippen MR) is 185 cm³/mol. The molecule has 2 aromatic rings. The van der Waals surface area contributed by atoms with Crippen molar-refractivity contribution in [2.75, 3.05) is 13.2 Å². The fourth-order valence-electron chi connectivity index (χ4n) is 4.47. The van der Waals surface area contributed by atoms with Crippen LogP contribution in [0, 0.1) is 0 Å². The first-order valence-corrected chi connectivity index (χ1v) is 19.9. The molecule has 0 bridgehead atoms. The third kappa shape index (κ3) is 13.3. The Morgan fingerprint density at radius 3 is 0.938 bits per heavy atom. The second kappa shape index (κ2) is 18.7. The highest BCUT2D eigenvalue weighted by atomic mass is 32.2. The van der Waals surface area contributed by atoms with E-state index in [0.717, 1.165) is 24.3 Å². The first kappa shape index (κ1) is 56.7. The minimum absolute atomic E-state index is 0.146. The summed E-state index contributed by atoms with van der Waals surface area (Å²) in [4.78, 5) is 0. The van der Waals surface area contributed by atoms with Crippen molar-refractivity contribution in [1.29, 1.82) is 0 Å². The van der Waals surface area contributed by atoms with Gasteiger partial charge in [0.15, 0.2) is 11.4 Å². The number of rotatable bonds is 18. The lowest BCUT2D eigenvalue weighted by Gasteiger charge is -2.35. The molecule has 2 unspecified atom stereocenters. The van der Waals surface area contributed by atoms with Crippen molar-refractivity contribution in [3.8, 4) is 11.5 Å². The summed E-state index contributed by atoms with van der Waals surface area (Å²) < 4.78 is 323. The van der Waals surface area contributed by atoms with Gasteiger partial charge in [-0.25, -0.2) is 8.78 Å². The van der Waals surface area contributed by atoms with Crippen molar-refractivity contribution < 1.29 is 123 Å². The fraction of sp³-hybridized carbons (Fsp3) is 0.576. The van der Waals surface area contributed by atoms with E-state index in [9.17, 15) is 95.9 Å². The third-order valence-electron chi connectivity index (χ3n) is 7.11. The van der Waals surface area contributed by atoms with Crippen molar-refractivity contribution >= 4 is 31.7 Å². The highest BCUT2D eigenvalue weighted by molar-refractivity contribution is 7.88. The van der Waals surface area contributed by atoms with Crippen LogP contribution in [0.5, 0.6) is 11.5 Å². The molecule has 0 fully saturated rings. The Morgan fingerprint density at radius 2 is 0.723 bits per heavy atom. The fourth-order valence-corrected chi connectivity index (χ4v) is 6.26. The molecular formula is C33H32F18N2O10S2. The molecule has 0 spiro atoms. The molecule has 0 aliphatic rings. The van der Waals surface area contributed by atoms with Gasteiger partial charge in [0, 0.05) is 17.5 Å². The van der Waals surface area contributed by atoms with Crippen LogP contribution in [0.3, 0.4) is 0 Å². The zero-order chi connectivity index (χ0) is 50.9. The molecule has 12 nitrogen and oxygen atoms in total. The minimum atomic E-state index is -7.49. The molecule has 0 saturated heterocycles. The molecule has 65 heavy (non-hydrogen) atoms. The zero-order valence-electron chi connectivity index (χ0n) is 33.3. The molecule has 0 aliphatic carbocycles. The summed E-state index contributed by atoms with van der Waals surface area (Å²) in [7, 11) is -15.0. The van der Waals surface area contributed by atoms with Crippen molar-refractivity contribution in [1.82, 2.24) is 0 Å². The molecule has 0 aromatic heterocycles.